The highest BCUT2D eigenvalue weighted by Crippen LogP contribution is 2.32. The average molecular weight is 324 g/mol. The lowest BCUT2D eigenvalue weighted by Crippen LogP contribution is -2.46. The minimum atomic E-state index is -0.593. The Morgan fingerprint density at radius 3 is 2.58 bits per heavy atom. The van der Waals surface area contributed by atoms with Gasteiger partial charge in [0.25, 0.3) is 0 Å². The van der Waals surface area contributed by atoms with Crippen LogP contribution in [0.4, 0.5) is 5.95 Å². The largest absolute Gasteiger partial charge is 0.390 e. The van der Waals surface area contributed by atoms with Crippen molar-refractivity contribution in [3.05, 3.63) is 42.7 Å². The van der Waals surface area contributed by atoms with Gasteiger partial charge in [-0.2, -0.15) is 0 Å². The summed E-state index contributed by atoms with van der Waals surface area (Å²) >= 11 is 0. The van der Waals surface area contributed by atoms with Crippen LogP contribution in [0, 0.1) is 0 Å². The van der Waals surface area contributed by atoms with Crippen LogP contribution in [0.2, 0.25) is 0 Å². The van der Waals surface area contributed by atoms with Gasteiger partial charge < -0.3 is 5.11 Å². The third kappa shape index (κ3) is 2.71. The Morgan fingerprint density at radius 1 is 1.12 bits per heavy atom. The second-order valence-corrected chi connectivity index (χ2v) is 6.59. The number of benzene rings is 1. The summed E-state index contributed by atoms with van der Waals surface area (Å²) in [6.07, 6.45) is 6.64. The monoisotopic (exact) mass is 324 g/mol. The number of fused-ring (bicyclic) bond motifs is 1. The topological polar surface area (TPSA) is 80.0 Å². The Hall–Kier alpha value is -2.54. The molecule has 24 heavy (non-hydrogen) atoms. The Labute approximate surface area is 139 Å². The molecule has 0 bridgehead atoms. The minimum Gasteiger partial charge on any atom is -0.390 e. The van der Waals surface area contributed by atoms with Gasteiger partial charge in [-0.1, -0.05) is 12.1 Å². The third-order valence-electron chi connectivity index (χ3n) is 4.67. The molecule has 1 aliphatic carbocycles. The number of aromatic nitrogens is 5. The molecule has 1 fully saturated rings. The van der Waals surface area contributed by atoms with Gasteiger partial charge >= 0.3 is 0 Å². The van der Waals surface area contributed by atoms with Gasteiger partial charge in [0.2, 0.25) is 5.95 Å². The summed E-state index contributed by atoms with van der Waals surface area (Å²) in [4.78, 5) is 10.6. The summed E-state index contributed by atoms with van der Waals surface area (Å²) in [6, 6.07) is 9.81. The number of anilines is 1. The molecule has 7 heteroatoms. The zero-order valence-corrected chi connectivity index (χ0v) is 13.6. The number of aliphatic hydroxyl groups is 1. The van der Waals surface area contributed by atoms with Crippen LogP contribution in [-0.2, 0) is 0 Å². The first-order chi connectivity index (χ1) is 11.6. The van der Waals surface area contributed by atoms with E-state index in [1.54, 1.807) is 23.3 Å². The van der Waals surface area contributed by atoms with Crippen molar-refractivity contribution >= 4 is 17.0 Å². The van der Waals surface area contributed by atoms with E-state index < -0.39 is 5.60 Å². The van der Waals surface area contributed by atoms with Crippen LogP contribution in [0.15, 0.2) is 42.7 Å². The lowest BCUT2D eigenvalue weighted by molar-refractivity contribution is 0.0159. The Bertz CT molecular complexity index is 821. The molecule has 0 amide bonds. The molecule has 0 spiro atoms. The molecule has 0 radical (unpaired) electrons. The first-order valence-electron chi connectivity index (χ1n) is 8.23. The highest BCUT2D eigenvalue weighted by molar-refractivity contribution is 5.74. The molecule has 1 saturated carbocycles. The van der Waals surface area contributed by atoms with Crippen molar-refractivity contribution in [2.75, 3.05) is 5.01 Å². The van der Waals surface area contributed by atoms with Crippen molar-refractivity contribution < 1.29 is 5.11 Å². The Kier molecular flexibility index (Phi) is 3.65. The lowest BCUT2D eigenvalue weighted by Gasteiger charge is -2.38. The molecule has 7 nitrogen and oxygen atoms in total. The third-order valence-corrected chi connectivity index (χ3v) is 4.67. The summed E-state index contributed by atoms with van der Waals surface area (Å²) in [5.74, 6) is 0.597. The maximum atomic E-state index is 10.3. The minimum absolute atomic E-state index is 0.165. The van der Waals surface area contributed by atoms with Gasteiger partial charge in [-0.25, -0.2) is 15.0 Å². The molecule has 4 rings (SSSR count). The molecule has 2 aromatic heterocycles. The normalized spacial score (nSPS) is 24.2. The molecule has 1 aliphatic rings. The van der Waals surface area contributed by atoms with Crippen LogP contribution < -0.4 is 5.01 Å². The molecule has 3 aromatic rings. The van der Waals surface area contributed by atoms with Gasteiger partial charge in [-0.3, -0.25) is 0 Å². The molecule has 124 valence electrons. The van der Waals surface area contributed by atoms with E-state index in [1.165, 1.54) is 0 Å². The van der Waals surface area contributed by atoms with E-state index in [2.05, 4.69) is 20.3 Å². The van der Waals surface area contributed by atoms with Crippen molar-refractivity contribution in [3.8, 4) is 0 Å². The summed E-state index contributed by atoms with van der Waals surface area (Å²) in [7, 11) is 0. The fourth-order valence-corrected chi connectivity index (χ4v) is 3.30. The molecule has 1 N–H and O–H groups in total. The zero-order chi connectivity index (χ0) is 16.6. The highest BCUT2D eigenvalue weighted by Gasteiger charge is 2.34. The molecule has 2 heterocycles. The first-order valence-corrected chi connectivity index (χ1v) is 8.23. The maximum Gasteiger partial charge on any atom is 0.246 e. The van der Waals surface area contributed by atoms with Crippen molar-refractivity contribution in [1.29, 1.82) is 0 Å². The quantitative estimate of drug-likeness (QED) is 0.795. The van der Waals surface area contributed by atoms with E-state index in [-0.39, 0.29) is 6.04 Å². The standard InChI is InChI=1S/C17H20N6O/c1-17(24)9-7-13(8-10-17)22(16-18-11-4-12-19-16)23-15-6-3-2-5-14(15)20-21-23/h2-6,11-13,24H,7-10H2,1H3. The molecule has 0 aliphatic heterocycles. The van der Waals surface area contributed by atoms with Crippen LogP contribution in [0.1, 0.15) is 32.6 Å². The van der Waals surface area contributed by atoms with Crippen molar-refractivity contribution in [1.82, 2.24) is 25.1 Å². The Morgan fingerprint density at radius 2 is 1.83 bits per heavy atom. The van der Waals surface area contributed by atoms with E-state index in [4.69, 9.17) is 0 Å². The predicted molar refractivity (Wildman–Crippen MR) is 90.3 cm³/mol. The number of hydrogen-bond acceptors (Lipinski definition) is 6. The van der Waals surface area contributed by atoms with Crippen LogP contribution in [0.25, 0.3) is 11.0 Å². The molecule has 0 saturated heterocycles. The van der Waals surface area contributed by atoms with Gasteiger partial charge in [0.15, 0.2) is 0 Å². The van der Waals surface area contributed by atoms with E-state index in [0.29, 0.717) is 5.95 Å². The Balaban J connectivity index is 1.77. The maximum absolute atomic E-state index is 10.3. The molecular weight excluding hydrogens is 304 g/mol. The van der Waals surface area contributed by atoms with E-state index >= 15 is 0 Å². The lowest BCUT2D eigenvalue weighted by atomic mass is 9.83. The van der Waals surface area contributed by atoms with E-state index in [1.807, 2.05) is 36.2 Å². The van der Waals surface area contributed by atoms with Crippen LogP contribution >= 0.6 is 0 Å². The van der Waals surface area contributed by atoms with E-state index in [0.717, 1.165) is 36.7 Å². The number of rotatable bonds is 3. The van der Waals surface area contributed by atoms with Gasteiger partial charge in [0, 0.05) is 12.4 Å². The fraction of sp³-hybridized carbons (Fsp3) is 0.412. The smallest absolute Gasteiger partial charge is 0.246 e. The number of hydrogen-bond donors (Lipinski definition) is 1. The molecule has 0 atom stereocenters. The van der Waals surface area contributed by atoms with Gasteiger partial charge in [0.1, 0.15) is 11.0 Å². The predicted octanol–water partition coefficient (Wildman–Crippen LogP) is 2.18. The highest BCUT2D eigenvalue weighted by atomic mass is 16.3. The van der Waals surface area contributed by atoms with Gasteiger partial charge in [-0.15, -0.1) is 9.89 Å². The SMILES string of the molecule is CC1(O)CCC(N(c2ncccn2)n2nnc3ccccc32)CC1. The second-order valence-electron chi connectivity index (χ2n) is 6.59. The first kappa shape index (κ1) is 15.0. The van der Waals surface area contributed by atoms with Crippen LogP contribution in [0.3, 0.4) is 0 Å². The summed E-state index contributed by atoms with van der Waals surface area (Å²) in [5, 5.41) is 20.9. The fourth-order valence-electron chi connectivity index (χ4n) is 3.30. The molecule has 0 unspecified atom stereocenters. The van der Waals surface area contributed by atoms with Crippen molar-refractivity contribution in [3.63, 3.8) is 0 Å². The summed E-state index contributed by atoms with van der Waals surface area (Å²) in [6.45, 7) is 1.90. The van der Waals surface area contributed by atoms with Gasteiger partial charge in [-0.05, 0) is 56.0 Å². The van der Waals surface area contributed by atoms with Crippen molar-refractivity contribution in [2.45, 2.75) is 44.2 Å². The van der Waals surface area contributed by atoms with Gasteiger partial charge in [0.05, 0.1) is 11.6 Å². The molecular formula is C17H20N6O. The van der Waals surface area contributed by atoms with E-state index in [9.17, 15) is 5.11 Å². The number of nitrogens with zero attached hydrogens (tertiary/aromatic N) is 6. The summed E-state index contributed by atoms with van der Waals surface area (Å²) in [5.41, 5.74) is 1.16. The second kappa shape index (κ2) is 5.83. The summed E-state index contributed by atoms with van der Waals surface area (Å²) < 4.78 is 0. The zero-order valence-electron chi connectivity index (χ0n) is 13.6. The molecule has 1 aromatic carbocycles. The van der Waals surface area contributed by atoms with Crippen LogP contribution in [-0.4, -0.2) is 41.8 Å². The van der Waals surface area contributed by atoms with Crippen molar-refractivity contribution in [2.24, 2.45) is 0 Å². The number of para-hydroxylation sites is 1. The van der Waals surface area contributed by atoms with Crippen LogP contribution in [0.5, 0.6) is 0 Å². The average Bonchev–Trinajstić information content (AvgIpc) is 3.02.